The lowest BCUT2D eigenvalue weighted by Gasteiger charge is -2.40. The fourth-order valence-corrected chi connectivity index (χ4v) is 1.99. The Labute approximate surface area is 77.3 Å². The van der Waals surface area contributed by atoms with Gasteiger partial charge in [0, 0.05) is 12.6 Å². The van der Waals surface area contributed by atoms with Gasteiger partial charge in [-0.1, -0.05) is 0 Å². The molecule has 1 heterocycles. The van der Waals surface area contributed by atoms with Crippen LogP contribution >= 0.6 is 0 Å². The molecule has 2 rings (SSSR count). The van der Waals surface area contributed by atoms with Gasteiger partial charge in [-0.2, -0.15) is 0 Å². The Kier molecular flexibility index (Phi) is 2.26. The molecule has 13 heavy (non-hydrogen) atoms. The number of aliphatic carboxylic acids is 1. The van der Waals surface area contributed by atoms with Gasteiger partial charge in [-0.25, -0.2) is 0 Å². The number of hydrogen-bond acceptors (Lipinski definition) is 3. The highest BCUT2D eigenvalue weighted by molar-refractivity contribution is 5.80. The van der Waals surface area contributed by atoms with Crippen LogP contribution in [-0.2, 0) is 9.53 Å². The van der Waals surface area contributed by atoms with E-state index >= 15 is 0 Å². The van der Waals surface area contributed by atoms with Crippen molar-refractivity contribution in [2.75, 3.05) is 13.2 Å². The van der Waals surface area contributed by atoms with Crippen molar-refractivity contribution >= 4 is 5.97 Å². The molecular formula is C9H15NO3. The van der Waals surface area contributed by atoms with Gasteiger partial charge in [-0.05, 0) is 25.7 Å². The van der Waals surface area contributed by atoms with Crippen LogP contribution < -0.4 is 5.32 Å². The minimum absolute atomic E-state index is 0.247. The highest BCUT2D eigenvalue weighted by Crippen LogP contribution is 2.33. The minimum atomic E-state index is -0.703. The second-order valence-corrected chi connectivity index (χ2v) is 3.95. The predicted molar refractivity (Wildman–Crippen MR) is 46.6 cm³/mol. The Hall–Kier alpha value is -0.610. The molecule has 1 aliphatic heterocycles. The molecule has 2 N–H and O–H groups in total. The third-order valence-electron chi connectivity index (χ3n) is 3.03. The number of nitrogens with one attached hydrogen (secondary N) is 1. The van der Waals surface area contributed by atoms with Crippen molar-refractivity contribution in [1.82, 2.24) is 5.32 Å². The Morgan fingerprint density at radius 1 is 1.54 bits per heavy atom. The van der Waals surface area contributed by atoms with E-state index in [2.05, 4.69) is 5.32 Å². The van der Waals surface area contributed by atoms with Crippen LogP contribution in [0.15, 0.2) is 0 Å². The van der Waals surface area contributed by atoms with Crippen molar-refractivity contribution in [2.24, 2.45) is 0 Å². The highest BCUT2D eigenvalue weighted by Gasteiger charge is 2.45. The molecule has 74 valence electrons. The third kappa shape index (κ3) is 1.56. The Bertz CT molecular complexity index is 207. The second-order valence-electron chi connectivity index (χ2n) is 3.95. The van der Waals surface area contributed by atoms with E-state index in [0.717, 1.165) is 32.3 Å². The van der Waals surface area contributed by atoms with Crippen LogP contribution in [0.4, 0.5) is 0 Å². The van der Waals surface area contributed by atoms with E-state index in [-0.39, 0.29) is 6.04 Å². The standard InChI is InChI=1S/C9H15NO3/c11-8(12)9(3-1-4-9)10-7-2-5-13-6-7/h7,10H,1-6H2,(H,11,12). The van der Waals surface area contributed by atoms with Crippen molar-refractivity contribution in [3.05, 3.63) is 0 Å². The smallest absolute Gasteiger partial charge is 0.323 e. The normalized spacial score (nSPS) is 31.2. The molecule has 2 fully saturated rings. The van der Waals surface area contributed by atoms with E-state index in [4.69, 9.17) is 9.84 Å². The van der Waals surface area contributed by atoms with Crippen LogP contribution in [0, 0.1) is 0 Å². The predicted octanol–water partition coefficient (Wildman–Crippen LogP) is 0.372. The van der Waals surface area contributed by atoms with Gasteiger partial charge in [0.15, 0.2) is 0 Å². The Balaban J connectivity index is 1.93. The summed E-state index contributed by atoms with van der Waals surface area (Å²) in [6, 6.07) is 0.247. The first-order valence-electron chi connectivity index (χ1n) is 4.82. The Morgan fingerprint density at radius 2 is 2.31 bits per heavy atom. The van der Waals surface area contributed by atoms with Gasteiger partial charge in [0.1, 0.15) is 5.54 Å². The second kappa shape index (κ2) is 3.27. The first kappa shape index (κ1) is 8.97. The molecular weight excluding hydrogens is 170 g/mol. The van der Waals surface area contributed by atoms with Gasteiger partial charge in [-0.15, -0.1) is 0 Å². The maximum absolute atomic E-state index is 11.0. The van der Waals surface area contributed by atoms with Gasteiger partial charge in [0.2, 0.25) is 0 Å². The van der Waals surface area contributed by atoms with Gasteiger partial charge in [-0.3, -0.25) is 10.1 Å². The monoisotopic (exact) mass is 185 g/mol. The average molecular weight is 185 g/mol. The van der Waals surface area contributed by atoms with Gasteiger partial charge < -0.3 is 9.84 Å². The summed E-state index contributed by atoms with van der Waals surface area (Å²) in [4.78, 5) is 11.0. The molecule has 1 saturated heterocycles. The Morgan fingerprint density at radius 3 is 2.69 bits per heavy atom. The number of ether oxygens (including phenoxy) is 1. The van der Waals surface area contributed by atoms with Crippen LogP contribution in [0.3, 0.4) is 0 Å². The van der Waals surface area contributed by atoms with Crippen LogP contribution in [-0.4, -0.2) is 35.9 Å². The quantitative estimate of drug-likeness (QED) is 0.667. The topological polar surface area (TPSA) is 58.6 Å². The van der Waals surface area contributed by atoms with Crippen molar-refractivity contribution in [3.8, 4) is 0 Å². The average Bonchev–Trinajstić information content (AvgIpc) is 2.47. The summed E-state index contributed by atoms with van der Waals surface area (Å²) in [5.74, 6) is -0.703. The lowest BCUT2D eigenvalue weighted by atomic mass is 9.76. The molecule has 1 saturated carbocycles. The molecule has 0 aromatic rings. The molecule has 4 heteroatoms. The lowest BCUT2D eigenvalue weighted by Crippen LogP contribution is -2.60. The van der Waals surface area contributed by atoms with Crippen molar-refractivity contribution in [3.63, 3.8) is 0 Å². The highest BCUT2D eigenvalue weighted by atomic mass is 16.5. The molecule has 1 unspecified atom stereocenters. The molecule has 4 nitrogen and oxygen atoms in total. The molecule has 0 radical (unpaired) electrons. The summed E-state index contributed by atoms with van der Waals surface area (Å²) in [5, 5.41) is 12.2. The summed E-state index contributed by atoms with van der Waals surface area (Å²) in [7, 11) is 0. The summed E-state index contributed by atoms with van der Waals surface area (Å²) in [6.07, 6.45) is 3.49. The molecule has 2 aliphatic rings. The number of hydrogen-bond donors (Lipinski definition) is 2. The third-order valence-corrected chi connectivity index (χ3v) is 3.03. The molecule has 0 amide bonds. The molecule has 0 spiro atoms. The van der Waals surface area contributed by atoms with Gasteiger partial charge in [0.05, 0.1) is 6.61 Å². The molecule has 0 bridgehead atoms. The summed E-state index contributed by atoms with van der Waals surface area (Å²) in [5.41, 5.74) is -0.627. The molecule has 1 aliphatic carbocycles. The molecule has 0 aromatic heterocycles. The molecule has 1 atom stereocenters. The van der Waals surface area contributed by atoms with Crippen LogP contribution in [0.1, 0.15) is 25.7 Å². The number of carboxylic acid groups (broad SMARTS) is 1. The van der Waals surface area contributed by atoms with E-state index < -0.39 is 11.5 Å². The van der Waals surface area contributed by atoms with E-state index in [1.807, 2.05) is 0 Å². The fraction of sp³-hybridized carbons (Fsp3) is 0.889. The van der Waals surface area contributed by atoms with Crippen molar-refractivity contribution in [1.29, 1.82) is 0 Å². The summed E-state index contributed by atoms with van der Waals surface area (Å²) in [6.45, 7) is 1.42. The van der Waals surface area contributed by atoms with Crippen LogP contribution in [0.2, 0.25) is 0 Å². The van der Waals surface area contributed by atoms with Crippen LogP contribution in [0.5, 0.6) is 0 Å². The lowest BCUT2D eigenvalue weighted by molar-refractivity contribution is -0.149. The van der Waals surface area contributed by atoms with E-state index in [9.17, 15) is 4.79 Å². The SMILES string of the molecule is O=C(O)C1(NC2CCOC2)CCC1. The van der Waals surface area contributed by atoms with Crippen molar-refractivity contribution in [2.45, 2.75) is 37.3 Å². The van der Waals surface area contributed by atoms with Gasteiger partial charge in [0.25, 0.3) is 0 Å². The van der Waals surface area contributed by atoms with E-state index in [1.54, 1.807) is 0 Å². The number of rotatable bonds is 3. The summed E-state index contributed by atoms with van der Waals surface area (Å²) < 4.78 is 5.20. The zero-order chi connectivity index (χ0) is 9.31. The van der Waals surface area contributed by atoms with E-state index in [0.29, 0.717) is 6.61 Å². The number of carbonyl (C=O) groups is 1. The zero-order valence-electron chi connectivity index (χ0n) is 7.58. The zero-order valence-corrected chi connectivity index (χ0v) is 7.58. The maximum atomic E-state index is 11.0. The maximum Gasteiger partial charge on any atom is 0.323 e. The number of carboxylic acids is 1. The first-order chi connectivity index (χ1) is 6.23. The van der Waals surface area contributed by atoms with Gasteiger partial charge >= 0.3 is 5.97 Å². The van der Waals surface area contributed by atoms with E-state index in [1.165, 1.54) is 0 Å². The molecule has 0 aromatic carbocycles. The minimum Gasteiger partial charge on any atom is -0.480 e. The largest absolute Gasteiger partial charge is 0.480 e. The van der Waals surface area contributed by atoms with Crippen LogP contribution in [0.25, 0.3) is 0 Å². The fourth-order valence-electron chi connectivity index (χ4n) is 1.99. The first-order valence-corrected chi connectivity index (χ1v) is 4.82. The van der Waals surface area contributed by atoms with Crippen molar-refractivity contribution < 1.29 is 14.6 Å². The summed E-state index contributed by atoms with van der Waals surface area (Å²) >= 11 is 0.